The highest BCUT2D eigenvalue weighted by atomic mass is 16.5. The van der Waals surface area contributed by atoms with Gasteiger partial charge in [-0.15, -0.1) is 0 Å². The number of ether oxygens (including phenoxy) is 3. The van der Waals surface area contributed by atoms with Gasteiger partial charge < -0.3 is 19.3 Å². The normalized spacial score (nSPS) is 11.8. The lowest BCUT2D eigenvalue weighted by Gasteiger charge is -2.11. The van der Waals surface area contributed by atoms with Gasteiger partial charge in [0, 0.05) is 0 Å². The van der Waals surface area contributed by atoms with E-state index >= 15 is 0 Å². The maximum absolute atomic E-state index is 11.3. The van der Waals surface area contributed by atoms with Gasteiger partial charge in [0.1, 0.15) is 0 Å². The Morgan fingerprint density at radius 3 is 2.55 bits per heavy atom. The van der Waals surface area contributed by atoms with E-state index in [1.165, 1.54) is 0 Å². The summed E-state index contributed by atoms with van der Waals surface area (Å²) in [5.41, 5.74) is 1.07. The van der Waals surface area contributed by atoms with Crippen molar-refractivity contribution in [3.8, 4) is 11.5 Å². The van der Waals surface area contributed by atoms with E-state index in [-0.39, 0.29) is 6.61 Å². The number of aliphatic hydroxyl groups is 1. The molecule has 0 aromatic heterocycles. The molecular weight excluding hydrogens is 260 g/mol. The van der Waals surface area contributed by atoms with Crippen molar-refractivity contribution in [2.45, 2.75) is 32.3 Å². The van der Waals surface area contributed by atoms with Crippen LogP contribution in [0.1, 0.15) is 25.3 Å². The summed E-state index contributed by atoms with van der Waals surface area (Å²) < 4.78 is 15.1. The number of benzene rings is 1. The molecule has 5 nitrogen and oxygen atoms in total. The molecule has 20 heavy (non-hydrogen) atoms. The van der Waals surface area contributed by atoms with Crippen LogP contribution >= 0.6 is 0 Å². The summed E-state index contributed by atoms with van der Waals surface area (Å²) in [5, 5.41) is 9.59. The highest BCUT2D eigenvalue weighted by Crippen LogP contribution is 2.28. The molecule has 1 rings (SSSR count). The summed E-state index contributed by atoms with van der Waals surface area (Å²) in [5.74, 6) is 0.804. The zero-order valence-corrected chi connectivity index (χ0v) is 12.2. The Morgan fingerprint density at radius 2 is 1.95 bits per heavy atom. The zero-order valence-electron chi connectivity index (χ0n) is 12.2. The molecule has 0 spiro atoms. The maximum atomic E-state index is 11.3. The van der Waals surface area contributed by atoms with Gasteiger partial charge in [0.05, 0.1) is 20.8 Å². The SMILES string of the molecule is CCOC(=O)C(O)CCCc1ccc(OC)c(OC)c1. The van der Waals surface area contributed by atoms with E-state index < -0.39 is 12.1 Å². The number of rotatable bonds is 8. The number of carbonyl (C=O) groups is 1. The van der Waals surface area contributed by atoms with Crippen LogP contribution < -0.4 is 9.47 Å². The molecule has 1 aromatic carbocycles. The number of methoxy groups -OCH3 is 2. The highest BCUT2D eigenvalue weighted by molar-refractivity contribution is 5.74. The van der Waals surface area contributed by atoms with Crippen LogP contribution in [0.25, 0.3) is 0 Å². The van der Waals surface area contributed by atoms with Crippen LogP contribution in [0.15, 0.2) is 18.2 Å². The quantitative estimate of drug-likeness (QED) is 0.738. The molecule has 0 fully saturated rings. The van der Waals surface area contributed by atoms with Crippen molar-refractivity contribution in [3.63, 3.8) is 0 Å². The van der Waals surface area contributed by atoms with Crippen LogP contribution in [0.3, 0.4) is 0 Å². The van der Waals surface area contributed by atoms with Gasteiger partial charge in [0.15, 0.2) is 17.6 Å². The summed E-state index contributed by atoms with van der Waals surface area (Å²) in [6.07, 6.45) is 0.773. The van der Waals surface area contributed by atoms with Gasteiger partial charge in [-0.05, 0) is 43.9 Å². The van der Waals surface area contributed by atoms with E-state index in [1.807, 2.05) is 18.2 Å². The molecule has 0 aliphatic rings. The molecule has 0 amide bonds. The lowest BCUT2D eigenvalue weighted by molar-refractivity contribution is -0.153. The molecule has 1 aromatic rings. The van der Waals surface area contributed by atoms with Crippen molar-refractivity contribution in [2.75, 3.05) is 20.8 Å². The summed E-state index contributed by atoms with van der Waals surface area (Å²) in [6.45, 7) is 2.00. The van der Waals surface area contributed by atoms with Gasteiger partial charge >= 0.3 is 5.97 Å². The summed E-state index contributed by atoms with van der Waals surface area (Å²) >= 11 is 0. The van der Waals surface area contributed by atoms with Gasteiger partial charge in [-0.2, -0.15) is 0 Å². The van der Waals surface area contributed by atoms with E-state index in [1.54, 1.807) is 21.1 Å². The van der Waals surface area contributed by atoms with Crippen molar-refractivity contribution in [3.05, 3.63) is 23.8 Å². The number of hydrogen-bond acceptors (Lipinski definition) is 5. The van der Waals surface area contributed by atoms with Crippen molar-refractivity contribution in [2.24, 2.45) is 0 Å². The smallest absolute Gasteiger partial charge is 0.334 e. The molecular formula is C15H22O5. The number of aliphatic hydroxyl groups excluding tert-OH is 1. The lowest BCUT2D eigenvalue weighted by Crippen LogP contribution is -2.23. The third-order valence-electron chi connectivity index (χ3n) is 2.95. The fraction of sp³-hybridized carbons (Fsp3) is 0.533. The molecule has 0 bridgehead atoms. The second-order valence-corrected chi connectivity index (χ2v) is 4.35. The molecule has 0 aliphatic carbocycles. The first-order valence-corrected chi connectivity index (χ1v) is 6.68. The average Bonchev–Trinajstić information content (AvgIpc) is 2.47. The van der Waals surface area contributed by atoms with Gasteiger partial charge in [0.2, 0.25) is 0 Å². The molecule has 5 heteroatoms. The van der Waals surface area contributed by atoms with Gasteiger partial charge in [0.25, 0.3) is 0 Å². The van der Waals surface area contributed by atoms with Gasteiger partial charge in [-0.1, -0.05) is 6.07 Å². The Kier molecular flexibility index (Phi) is 6.87. The Morgan fingerprint density at radius 1 is 1.25 bits per heavy atom. The molecule has 0 heterocycles. The molecule has 1 N–H and O–H groups in total. The van der Waals surface area contributed by atoms with Crippen LogP contribution in [-0.4, -0.2) is 38.0 Å². The second kappa shape index (κ2) is 8.43. The molecule has 112 valence electrons. The largest absolute Gasteiger partial charge is 0.493 e. The first-order valence-electron chi connectivity index (χ1n) is 6.68. The fourth-order valence-electron chi connectivity index (χ4n) is 1.89. The predicted molar refractivity (Wildman–Crippen MR) is 75.1 cm³/mol. The Bertz CT molecular complexity index is 430. The Labute approximate surface area is 119 Å². The molecule has 0 saturated carbocycles. The monoisotopic (exact) mass is 282 g/mol. The molecule has 0 radical (unpaired) electrons. The first kappa shape index (κ1) is 16.3. The highest BCUT2D eigenvalue weighted by Gasteiger charge is 2.15. The van der Waals surface area contributed by atoms with Crippen LogP contribution in [0.2, 0.25) is 0 Å². The maximum Gasteiger partial charge on any atom is 0.334 e. The third kappa shape index (κ3) is 4.74. The summed E-state index contributed by atoms with van der Waals surface area (Å²) in [4.78, 5) is 11.3. The first-order chi connectivity index (χ1) is 9.62. The number of carbonyl (C=O) groups excluding carboxylic acids is 1. The number of hydrogen-bond donors (Lipinski definition) is 1. The summed E-state index contributed by atoms with van der Waals surface area (Å²) in [6, 6.07) is 5.68. The van der Waals surface area contributed by atoms with E-state index in [0.29, 0.717) is 24.3 Å². The van der Waals surface area contributed by atoms with Gasteiger partial charge in [-0.3, -0.25) is 0 Å². The van der Waals surface area contributed by atoms with Crippen LogP contribution in [0, 0.1) is 0 Å². The van der Waals surface area contributed by atoms with Gasteiger partial charge in [-0.25, -0.2) is 4.79 Å². The molecule has 0 aliphatic heterocycles. The second-order valence-electron chi connectivity index (χ2n) is 4.35. The van der Waals surface area contributed by atoms with Crippen molar-refractivity contribution < 1.29 is 24.1 Å². The van der Waals surface area contributed by atoms with E-state index in [0.717, 1.165) is 12.0 Å². The lowest BCUT2D eigenvalue weighted by atomic mass is 10.1. The Balaban J connectivity index is 2.48. The number of esters is 1. The molecule has 1 unspecified atom stereocenters. The van der Waals surface area contributed by atoms with Crippen molar-refractivity contribution in [1.82, 2.24) is 0 Å². The Hall–Kier alpha value is -1.75. The average molecular weight is 282 g/mol. The van der Waals surface area contributed by atoms with Crippen LogP contribution in [0.5, 0.6) is 11.5 Å². The fourth-order valence-corrected chi connectivity index (χ4v) is 1.89. The zero-order chi connectivity index (χ0) is 15.0. The predicted octanol–water partition coefficient (Wildman–Crippen LogP) is 1.95. The summed E-state index contributed by atoms with van der Waals surface area (Å²) in [7, 11) is 3.18. The van der Waals surface area contributed by atoms with E-state index in [9.17, 15) is 9.90 Å². The molecule has 0 saturated heterocycles. The van der Waals surface area contributed by atoms with Crippen molar-refractivity contribution >= 4 is 5.97 Å². The minimum atomic E-state index is -1.05. The van der Waals surface area contributed by atoms with E-state index in [2.05, 4.69) is 0 Å². The van der Waals surface area contributed by atoms with Crippen molar-refractivity contribution in [1.29, 1.82) is 0 Å². The minimum Gasteiger partial charge on any atom is -0.493 e. The standard InChI is InChI=1S/C15H22O5/c1-4-20-15(17)12(16)7-5-6-11-8-9-13(18-2)14(10-11)19-3/h8-10,12,16H,4-7H2,1-3H3. The number of aryl methyl sites for hydroxylation is 1. The third-order valence-corrected chi connectivity index (χ3v) is 2.95. The molecule has 1 atom stereocenters. The van der Waals surface area contributed by atoms with Crippen LogP contribution in [-0.2, 0) is 16.0 Å². The minimum absolute atomic E-state index is 0.283. The van der Waals surface area contributed by atoms with Crippen LogP contribution in [0.4, 0.5) is 0 Å². The topological polar surface area (TPSA) is 65.0 Å². The van der Waals surface area contributed by atoms with E-state index in [4.69, 9.17) is 14.2 Å².